The lowest BCUT2D eigenvalue weighted by molar-refractivity contribution is -0.123. The molecule has 0 unspecified atom stereocenters. The first-order valence-electron chi connectivity index (χ1n) is 8.20. The van der Waals surface area contributed by atoms with Crippen molar-refractivity contribution in [1.29, 1.82) is 0 Å². The van der Waals surface area contributed by atoms with Crippen molar-refractivity contribution in [3.05, 3.63) is 42.5 Å². The molecule has 6 heteroatoms. The van der Waals surface area contributed by atoms with Gasteiger partial charge >= 0.3 is 0 Å². The van der Waals surface area contributed by atoms with Gasteiger partial charge in [-0.05, 0) is 37.1 Å². The van der Waals surface area contributed by atoms with Gasteiger partial charge < -0.3 is 19.4 Å². The van der Waals surface area contributed by atoms with E-state index in [1.165, 1.54) is 0 Å². The maximum absolute atomic E-state index is 11.9. The maximum atomic E-state index is 11.9. The molecule has 0 aliphatic heterocycles. The Morgan fingerprint density at radius 1 is 1.21 bits per heavy atom. The van der Waals surface area contributed by atoms with Gasteiger partial charge in [-0.25, -0.2) is 4.98 Å². The number of hydrogen-bond donors (Lipinski definition) is 1. The fourth-order valence-corrected chi connectivity index (χ4v) is 2.24. The van der Waals surface area contributed by atoms with Gasteiger partial charge in [0.25, 0.3) is 5.91 Å². The molecule has 130 valence electrons. The Bertz CT molecular complexity index is 635. The Hall–Kier alpha value is -2.50. The van der Waals surface area contributed by atoms with Gasteiger partial charge in [0.15, 0.2) is 6.61 Å². The van der Waals surface area contributed by atoms with Crippen LogP contribution in [0.15, 0.2) is 36.7 Å². The molecule has 2 rings (SSSR count). The second-order valence-corrected chi connectivity index (χ2v) is 5.86. The minimum atomic E-state index is -0.178. The van der Waals surface area contributed by atoms with Gasteiger partial charge in [-0.15, -0.1) is 0 Å². The number of benzene rings is 1. The third-order valence-corrected chi connectivity index (χ3v) is 3.31. The van der Waals surface area contributed by atoms with Crippen LogP contribution in [0.5, 0.6) is 11.5 Å². The van der Waals surface area contributed by atoms with Crippen LogP contribution in [0.4, 0.5) is 0 Å². The molecule has 1 heterocycles. The summed E-state index contributed by atoms with van der Waals surface area (Å²) in [6, 6.07) is 7.21. The molecule has 6 nitrogen and oxygen atoms in total. The van der Waals surface area contributed by atoms with Crippen molar-refractivity contribution in [2.24, 2.45) is 5.92 Å². The highest BCUT2D eigenvalue weighted by Crippen LogP contribution is 2.17. The van der Waals surface area contributed by atoms with E-state index in [0.29, 0.717) is 24.8 Å². The van der Waals surface area contributed by atoms with Crippen LogP contribution in [0, 0.1) is 5.92 Å². The van der Waals surface area contributed by atoms with Crippen LogP contribution in [-0.2, 0) is 17.9 Å². The average Bonchev–Trinajstić information content (AvgIpc) is 2.99. The summed E-state index contributed by atoms with van der Waals surface area (Å²) < 4.78 is 12.9. The molecule has 0 spiro atoms. The third-order valence-electron chi connectivity index (χ3n) is 3.31. The van der Waals surface area contributed by atoms with Gasteiger partial charge in [-0.2, -0.15) is 0 Å². The first-order chi connectivity index (χ1) is 11.6. The van der Waals surface area contributed by atoms with E-state index in [2.05, 4.69) is 28.7 Å². The maximum Gasteiger partial charge on any atom is 0.258 e. The average molecular weight is 331 g/mol. The predicted octanol–water partition coefficient (Wildman–Crippen LogP) is 2.63. The van der Waals surface area contributed by atoms with Crippen molar-refractivity contribution in [2.45, 2.75) is 33.9 Å². The lowest BCUT2D eigenvalue weighted by Crippen LogP contribution is -2.29. The Balaban J connectivity index is 1.76. The van der Waals surface area contributed by atoms with Crippen molar-refractivity contribution in [3.63, 3.8) is 0 Å². The van der Waals surface area contributed by atoms with Crippen LogP contribution in [0.2, 0.25) is 0 Å². The Morgan fingerprint density at radius 3 is 2.50 bits per heavy atom. The number of ether oxygens (including phenoxy) is 2. The molecule has 1 amide bonds. The second kappa shape index (κ2) is 8.96. The number of carbonyl (C=O) groups excluding carboxylic acids is 1. The molecule has 0 aliphatic rings. The fraction of sp³-hybridized carbons (Fsp3) is 0.444. The van der Waals surface area contributed by atoms with Gasteiger partial charge in [0, 0.05) is 18.9 Å². The monoisotopic (exact) mass is 331 g/mol. The standard InChI is InChI=1S/C18H25N3O3/c1-4-23-15-5-7-16(8-6-15)24-13-18(22)20-11-17-19-9-10-21(17)12-14(2)3/h5-10,14H,4,11-13H2,1-3H3,(H,20,22). The topological polar surface area (TPSA) is 65.4 Å². The van der Waals surface area contributed by atoms with E-state index in [1.54, 1.807) is 18.3 Å². The van der Waals surface area contributed by atoms with E-state index < -0.39 is 0 Å². The molecule has 0 aliphatic carbocycles. The number of nitrogens with one attached hydrogen (secondary N) is 1. The summed E-state index contributed by atoms with van der Waals surface area (Å²) in [5.41, 5.74) is 0. The third kappa shape index (κ3) is 5.61. The van der Waals surface area contributed by atoms with Crippen LogP contribution in [-0.4, -0.2) is 28.7 Å². The minimum Gasteiger partial charge on any atom is -0.494 e. The van der Waals surface area contributed by atoms with Crippen molar-refractivity contribution in [2.75, 3.05) is 13.2 Å². The van der Waals surface area contributed by atoms with Crippen LogP contribution in [0.25, 0.3) is 0 Å². The van der Waals surface area contributed by atoms with Crippen molar-refractivity contribution in [3.8, 4) is 11.5 Å². The van der Waals surface area contributed by atoms with E-state index >= 15 is 0 Å². The first-order valence-corrected chi connectivity index (χ1v) is 8.20. The van der Waals surface area contributed by atoms with Gasteiger partial charge in [-0.3, -0.25) is 4.79 Å². The molecule has 0 radical (unpaired) electrons. The number of nitrogens with zero attached hydrogens (tertiary/aromatic N) is 2. The number of aromatic nitrogens is 2. The van der Waals surface area contributed by atoms with Crippen LogP contribution in [0.1, 0.15) is 26.6 Å². The number of carbonyl (C=O) groups is 1. The van der Waals surface area contributed by atoms with E-state index in [0.717, 1.165) is 18.1 Å². The molecule has 0 bridgehead atoms. The summed E-state index contributed by atoms with van der Waals surface area (Å²) in [5, 5.41) is 2.83. The molecule has 1 N–H and O–H groups in total. The summed E-state index contributed by atoms with van der Waals surface area (Å²) in [4.78, 5) is 16.2. The number of imidazole rings is 1. The molecule has 1 aromatic carbocycles. The lowest BCUT2D eigenvalue weighted by atomic mass is 10.2. The molecule has 0 saturated carbocycles. The number of amides is 1. The minimum absolute atomic E-state index is 0.0289. The summed E-state index contributed by atoms with van der Waals surface area (Å²) in [6.07, 6.45) is 3.68. The molecule has 24 heavy (non-hydrogen) atoms. The lowest BCUT2D eigenvalue weighted by Gasteiger charge is -2.11. The highest BCUT2D eigenvalue weighted by atomic mass is 16.5. The molecule has 0 saturated heterocycles. The second-order valence-electron chi connectivity index (χ2n) is 5.86. The van der Waals surface area contributed by atoms with Crippen LogP contribution < -0.4 is 14.8 Å². The molecule has 1 aromatic heterocycles. The molecule has 2 aromatic rings. The van der Waals surface area contributed by atoms with Gasteiger partial charge in [0.1, 0.15) is 17.3 Å². The summed E-state index contributed by atoms with van der Waals surface area (Å²) >= 11 is 0. The number of rotatable bonds is 9. The molecular formula is C18H25N3O3. The zero-order chi connectivity index (χ0) is 17.4. The quantitative estimate of drug-likeness (QED) is 0.767. The smallest absolute Gasteiger partial charge is 0.258 e. The zero-order valence-electron chi connectivity index (χ0n) is 14.5. The normalized spacial score (nSPS) is 10.7. The predicted molar refractivity (Wildman–Crippen MR) is 92.0 cm³/mol. The van der Waals surface area contributed by atoms with E-state index in [-0.39, 0.29) is 12.5 Å². The number of hydrogen-bond acceptors (Lipinski definition) is 4. The summed E-state index contributed by atoms with van der Waals surface area (Å²) in [6.45, 7) is 8.09. The fourth-order valence-electron chi connectivity index (χ4n) is 2.24. The van der Waals surface area contributed by atoms with E-state index in [9.17, 15) is 4.79 Å². The zero-order valence-corrected chi connectivity index (χ0v) is 14.5. The van der Waals surface area contributed by atoms with E-state index in [4.69, 9.17) is 9.47 Å². The van der Waals surface area contributed by atoms with Crippen LogP contribution in [0.3, 0.4) is 0 Å². The van der Waals surface area contributed by atoms with Crippen molar-refractivity contribution in [1.82, 2.24) is 14.9 Å². The highest BCUT2D eigenvalue weighted by molar-refractivity contribution is 5.77. The van der Waals surface area contributed by atoms with Crippen molar-refractivity contribution < 1.29 is 14.3 Å². The Morgan fingerprint density at radius 2 is 1.88 bits per heavy atom. The van der Waals surface area contributed by atoms with Crippen molar-refractivity contribution >= 4 is 5.91 Å². The van der Waals surface area contributed by atoms with E-state index in [1.807, 2.05) is 25.3 Å². The van der Waals surface area contributed by atoms with Gasteiger partial charge in [0.05, 0.1) is 13.2 Å². The first kappa shape index (κ1) is 17.8. The van der Waals surface area contributed by atoms with Gasteiger partial charge in [-0.1, -0.05) is 13.8 Å². The Labute approximate surface area is 142 Å². The van der Waals surface area contributed by atoms with Crippen LogP contribution >= 0.6 is 0 Å². The highest BCUT2D eigenvalue weighted by Gasteiger charge is 2.08. The SMILES string of the molecule is CCOc1ccc(OCC(=O)NCc2nccn2CC(C)C)cc1. The van der Waals surface area contributed by atoms with Gasteiger partial charge in [0.2, 0.25) is 0 Å². The molecule has 0 fully saturated rings. The molecule has 0 atom stereocenters. The Kier molecular flexibility index (Phi) is 6.66. The molecular weight excluding hydrogens is 306 g/mol. The summed E-state index contributed by atoms with van der Waals surface area (Å²) in [7, 11) is 0. The summed E-state index contributed by atoms with van der Waals surface area (Å²) in [5.74, 6) is 2.61. The largest absolute Gasteiger partial charge is 0.494 e.